The first kappa shape index (κ1) is 28.5. The minimum atomic E-state index is -4.01. The summed E-state index contributed by atoms with van der Waals surface area (Å²) in [7, 11) is 0.880. The van der Waals surface area contributed by atoms with Crippen LogP contribution in [0.2, 0.25) is 0 Å². The fourth-order valence-electron chi connectivity index (χ4n) is 4.45. The predicted octanol–water partition coefficient (Wildman–Crippen LogP) is 2.52. The molecular formula is C27H35N7O6S. The summed E-state index contributed by atoms with van der Waals surface area (Å²) in [5.41, 5.74) is 1.58. The first-order valence-corrected chi connectivity index (χ1v) is 14.7. The molecule has 1 aromatic heterocycles. The van der Waals surface area contributed by atoms with Crippen LogP contribution in [0.3, 0.4) is 0 Å². The Morgan fingerprint density at radius 2 is 1.78 bits per heavy atom. The molecular weight excluding hydrogens is 550 g/mol. The van der Waals surface area contributed by atoms with E-state index < -0.39 is 10.0 Å². The standard InChI is InChI=1S/C27H35N7O6S/c1-18-28-24(17-33(18)2)41(35,36)32-27-26(29-20-7-5-6-8-21(20)30-27)31-22-15-19(37-3)16-23(38-4)25(22)40-14-11-34-9-12-39-13-10-34/h5-8,15-18,28H,9-14H2,1-4H3,(H,29,31)(H,30,32). The quantitative estimate of drug-likeness (QED) is 0.305. The number of anilines is 3. The molecule has 3 aromatic rings. The van der Waals surface area contributed by atoms with Crippen molar-refractivity contribution >= 4 is 38.4 Å². The summed E-state index contributed by atoms with van der Waals surface area (Å²) in [4.78, 5) is 13.3. The second kappa shape index (κ2) is 12.2. The molecule has 0 amide bonds. The third-order valence-electron chi connectivity index (χ3n) is 6.87. The van der Waals surface area contributed by atoms with E-state index in [1.54, 1.807) is 50.4 Å². The highest BCUT2D eigenvalue weighted by Gasteiger charge is 2.28. The van der Waals surface area contributed by atoms with E-state index in [1.807, 2.05) is 19.1 Å². The van der Waals surface area contributed by atoms with E-state index in [9.17, 15) is 8.42 Å². The van der Waals surface area contributed by atoms with Gasteiger partial charge in [-0.05, 0) is 19.1 Å². The number of morpholine rings is 1. The fraction of sp³-hybridized carbons (Fsp3) is 0.407. The van der Waals surface area contributed by atoms with E-state index in [1.165, 1.54) is 6.20 Å². The number of nitrogens with zero attached hydrogens (tertiary/aromatic N) is 4. The van der Waals surface area contributed by atoms with Gasteiger partial charge in [0.15, 0.2) is 28.2 Å². The maximum absolute atomic E-state index is 13.4. The second-order valence-corrected chi connectivity index (χ2v) is 11.3. The van der Waals surface area contributed by atoms with Crippen LogP contribution in [0.1, 0.15) is 6.92 Å². The van der Waals surface area contributed by atoms with Crippen LogP contribution in [-0.4, -0.2) is 95.1 Å². The predicted molar refractivity (Wildman–Crippen MR) is 156 cm³/mol. The van der Waals surface area contributed by atoms with Gasteiger partial charge in [0.25, 0.3) is 10.0 Å². The van der Waals surface area contributed by atoms with Gasteiger partial charge in [0, 0.05) is 45.0 Å². The van der Waals surface area contributed by atoms with E-state index in [0.717, 1.165) is 13.1 Å². The van der Waals surface area contributed by atoms with Gasteiger partial charge in [-0.3, -0.25) is 9.62 Å². The molecule has 1 atom stereocenters. The summed E-state index contributed by atoms with van der Waals surface area (Å²) in [6.45, 7) is 6.02. The van der Waals surface area contributed by atoms with Gasteiger partial charge in [-0.2, -0.15) is 8.42 Å². The number of benzene rings is 2. The topological polar surface area (TPSA) is 139 Å². The van der Waals surface area contributed by atoms with Crippen molar-refractivity contribution in [1.82, 2.24) is 25.1 Å². The van der Waals surface area contributed by atoms with Crippen molar-refractivity contribution in [3.63, 3.8) is 0 Å². The lowest BCUT2D eigenvalue weighted by Crippen LogP contribution is -2.38. The first-order chi connectivity index (χ1) is 19.8. The van der Waals surface area contributed by atoms with Crippen molar-refractivity contribution in [3.05, 3.63) is 47.6 Å². The molecule has 220 valence electrons. The summed E-state index contributed by atoms with van der Waals surface area (Å²) < 4.78 is 52.1. The number of para-hydroxylation sites is 2. The van der Waals surface area contributed by atoms with E-state index in [-0.39, 0.29) is 22.8 Å². The van der Waals surface area contributed by atoms with Crippen LogP contribution < -0.4 is 29.6 Å². The molecule has 5 rings (SSSR count). The zero-order chi connectivity index (χ0) is 29.0. The van der Waals surface area contributed by atoms with Crippen LogP contribution in [0.5, 0.6) is 17.2 Å². The molecule has 0 radical (unpaired) electrons. The number of nitrogens with one attached hydrogen (secondary N) is 3. The summed E-state index contributed by atoms with van der Waals surface area (Å²) in [6, 6.07) is 10.7. The largest absolute Gasteiger partial charge is 0.497 e. The molecule has 2 aliphatic rings. The van der Waals surface area contributed by atoms with Gasteiger partial charge in [-0.1, -0.05) is 12.1 Å². The lowest BCUT2D eigenvalue weighted by molar-refractivity contribution is 0.0321. The van der Waals surface area contributed by atoms with Crippen molar-refractivity contribution in [2.24, 2.45) is 0 Å². The molecule has 0 bridgehead atoms. The molecule has 0 spiro atoms. The van der Waals surface area contributed by atoms with Crippen LogP contribution >= 0.6 is 0 Å². The minimum absolute atomic E-state index is 0.0228. The highest BCUT2D eigenvalue weighted by atomic mass is 32.2. The van der Waals surface area contributed by atoms with E-state index in [0.29, 0.717) is 60.3 Å². The van der Waals surface area contributed by atoms with Gasteiger partial charge in [0.2, 0.25) is 0 Å². The zero-order valence-electron chi connectivity index (χ0n) is 23.5. The lowest BCUT2D eigenvalue weighted by atomic mass is 10.2. The monoisotopic (exact) mass is 585 g/mol. The van der Waals surface area contributed by atoms with Crippen molar-refractivity contribution < 1.29 is 27.4 Å². The van der Waals surface area contributed by atoms with Crippen molar-refractivity contribution in [3.8, 4) is 17.2 Å². The van der Waals surface area contributed by atoms with Gasteiger partial charge in [0.1, 0.15) is 12.4 Å². The fourth-order valence-corrected chi connectivity index (χ4v) is 5.58. The average Bonchev–Trinajstić information content (AvgIpc) is 3.32. The molecule has 1 fully saturated rings. The van der Waals surface area contributed by atoms with Crippen LogP contribution in [-0.2, 0) is 14.8 Å². The Morgan fingerprint density at radius 1 is 1.07 bits per heavy atom. The number of methoxy groups -OCH3 is 2. The number of hydrogen-bond acceptors (Lipinski definition) is 12. The lowest BCUT2D eigenvalue weighted by Gasteiger charge is -2.26. The van der Waals surface area contributed by atoms with E-state index in [4.69, 9.17) is 23.9 Å². The van der Waals surface area contributed by atoms with Crippen LogP contribution in [0.4, 0.5) is 17.3 Å². The van der Waals surface area contributed by atoms with Crippen molar-refractivity contribution in [1.29, 1.82) is 0 Å². The second-order valence-electron chi connectivity index (χ2n) is 9.63. The van der Waals surface area contributed by atoms with Gasteiger partial charge < -0.3 is 34.5 Å². The number of ether oxygens (including phenoxy) is 4. The molecule has 0 aliphatic carbocycles. The molecule has 3 heterocycles. The molecule has 3 N–H and O–H groups in total. The Balaban J connectivity index is 1.50. The molecule has 2 aliphatic heterocycles. The normalized spacial score (nSPS) is 17.6. The van der Waals surface area contributed by atoms with Crippen molar-refractivity contribution in [2.75, 3.05) is 70.8 Å². The Labute approximate surface area is 239 Å². The van der Waals surface area contributed by atoms with Crippen molar-refractivity contribution in [2.45, 2.75) is 13.1 Å². The molecule has 1 saturated heterocycles. The van der Waals surface area contributed by atoms with Crippen LogP contribution in [0, 0.1) is 0 Å². The molecule has 14 heteroatoms. The number of aromatic nitrogens is 2. The summed E-state index contributed by atoms with van der Waals surface area (Å²) in [6.07, 6.45) is 1.35. The number of sulfonamides is 1. The molecule has 0 saturated carbocycles. The number of fused-ring (bicyclic) bond motifs is 1. The van der Waals surface area contributed by atoms with Gasteiger partial charge in [-0.25, -0.2) is 9.97 Å². The number of hydrogen-bond donors (Lipinski definition) is 3. The number of rotatable bonds is 11. The zero-order valence-corrected chi connectivity index (χ0v) is 24.3. The van der Waals surface area contributed by atoms with Gasteiger partial charge >= 0.3 is 0 Å². The molecule has 1 unspecified atom stereocenters. The summed E-state index contributed by atoms with van der Waals surface area (Å²) in [5.74, 6) is 1.59. The maximum atomic E-state index is 13.4. The summed E-state index contributed by atoms with van der Waals surface area (Å²) >= 11 is 0. The average molecular weight is 586 g/mol. The SMILES string of the molecule is COc1cc(Nc2nc3ccccc3nc2NS(=O)(=O)C2=CN(C)C(C)N2)c(OCCN2CCOCC2)c(OC)c1. The maximum Gasteiger partial charge on any atom is 0.279 e. The highest BCUT2D eigenvalue weighted by molar-refractivity contribution is 7.96. The smallest absolute Gasteiger partial charge is 0.279 e. The third kappa shape index (κ3) is 6.50. The van der Waals surface area contributed by atoms with Gasteiger partial charge in [-0.15, -0.1) is 0 Å². The Hall–Kier alpha value is -4.01. The first-order valence-electron chi connectivity index (χ1n) is 13.2. The van der Waals surface area contributed by atoms with Gasteiger partial charge in [0.05, 0.1) is 50.3 Å². The van der Waals surface area contributed by atoms with E-state index >= 15 is 0 Å². The summed E-state index contributed by atoms with van der Waals surface area (Å²) in [5, 5.41) is 6.23. The molecule has 2 aromatic carbocycles. The minimum Gasteiger partial charge on any atom is -0.497 e. The molecule has 13 nitrogen and oxygen atoms in total. The van der Waals surface area contributed by atoms with E-state index in [2.05, 4.69) is 25.2 Å². The Kier molecular flexibility index (Phi) is 8.52. The van der Waals surface area contributed by atoms with Crippen LogP contribution in [0.25, 0.3) is 11.0 Å². The van der Waals surface area contributed by atoms with Crippen LogP contribution in [0.15, 0.2) is 47.6 Å². The highest BCUT2D eigenvalue weighted by Crippen LogP contribution is 2.42. The third-order valence-corrected chi connectivity index (χ3v) is 8.13. The Morgan fingerprint density at radius 3 is 2.41 bits per heavy atom. The molecule has 41 heavy (non-hydrogen) atoms. The Bertz CT molecular complexity index is 1530.